The minimum absolute atomic E-state index is 0.00154. The number of rotatable bonds is 11. The van der Waals surface area contributed by atoms with Crippen LogP contribution in [0.1, 0.15) is 96.6 Å². The fourth-order valence-electron chi connectivity index (χ4n) is 12.4. The van der Waals surface area contributed by atoms with Crippen molar-refractivity contribution in [2.45, 2.75) is 179 Å². The number of nitrogens with one attached hydrogen (secondary N) is 1. The number of ether oxygens (including phenoxy) is 8. The Morgan fingerprint density at radius 2 is 1.55 bits per heavy atom. The van der Waals surface area contributed by atoms with Gasteiger partial charge in [-0.15, -0.1) is 0 Å². The first-order valence-corrected chi connectivity index (χ1v) is 23.5. The Morgan fingerprint density at radius 3 is 2.19 bits per heavy atom. The molecule has 5 fully saturated rings. The number of aliphatic hydroxyl groups is 1. The number of carbonyl (C=O) groups excluding carboxylic acids is 2. The van der Waals surface area contributed by atoms with Gasteiger partial charge in [0.05, 0.1) is 43.0 Å². The first-order valence-electron chi connectivity index (χ1n) is 23.5. The molecule has 13 nitrogen and oxygen atoms in total. The largest absolute Gasteiger partial charge is 0.462 e. The third-order valence-electron chi connectivity index (χ3n) is 15.7. The number of carbonyl (C=O) groups is 2. The van der Waals surface area contributed by atoms with Crippen molar-refractivity contribution in [1.29, 1.82) is 0 Å². The lowest BCUT2D eigenvalue weighted by atomic mass is 9.62. The number of aliphatic hydroxyl groups excluding tert-OH is 1. The van der Waals surface area contributed by atoms with Crippen LogP contribution in [0.2, 0.25) is 0 Å². The quantitative estimate of drug-likeness (QED) is 0.238. The minimum Gasteiger partial charge on any atom is -0.462 e. The summed E-state index contributed by atoms with van der Waals surface area (Å²) in [5.74, 6) is -1.80. The van der Waals surface area contributed by atoms with E-state index in [1.54, 1.807) is 21.3 Å². The summed E-state index contributed by atoms with van der Waals surface area (Å²) >= 11 is 0. The molecule has 3 aliphatic carbocycles. The van der Waals surface area contributed by atoms with Crippen LogP contribution in [-0.4, -0.2) is 137 Å². The summed E-state index contributed by atoms with van der Waals surface area (Å²) in [7, 11) is 9.08. The summed E-state index contributed by atoms with van der Waals surface area (Å²) < 4.78 is 50.3. The zero-order valence-corrected chi connectivity index (χ0v) is 39.1. The summed E-state index contributed by atoms with van der Waals surface area (Å²) in [5.41, 5.74) is 3.75. The molecule has 7 rings (SSSR count). The highest BCUT2D eigenvalue weighted by Gasteiger charge is 2.60. The number of hydrogen-bond acceptors (Lipinski definition) is 13. The first kappa shape index (κ1) is 47.5. The molecule has 2 saturated carbocycles. The number of cyclic esters (lactones) is 1. The molecule has 348 valence electrons. The number of Topliss-reactive ketones (excluding diaryl/α,β-unsaturated/α-hetero) is 1. The number of anilines is 1. The van der Waals surface area contributed by atoms with E-state index in [9.17, 15) is 9.90 Å². The number of likely N-dealkylation sites (N-methyl/N-ethyl adjacent to an activating group) is 1. The van der Waals surface area contributed by atoms with Crippen LogP contribution in [0.25, 0.3) is 0 Å². The molecule has 0 amide bonds. The van der Waals surface area contributed by atoms with E-state index in [0.29, 0.717) is 43.7 Å². The number of methoxy groups -OCH3 is 3. The van der Waals surface area contributed by atoms with Crippen molar-refractivity contribution in [3.63, 3.8) is 0 Å². The average molecular weight is 869 g/mol. The molecule has 3 aliphatic heterocycles. The number of benzene rings is 1. The number of nitrogens with zero attached hydrogens (tertiary/aromatic N) is 1. The molecular weight excluding hydrogens is 793 g/mol. The lowest BCUT2D eigenvalue weighted by molar-refractivity contribution is -0.314. The Labute approximate surface area is 370 Å². The second kappa shape index (κ2) is 20.4. The van der Waals surface area contributed by atoms with Crippen LogP contribution >= 0.6 is 0 Å². The number of para-hydroxylation sites is 1. The van der Waals surface area contributed by atoms with Gasteiger partial charge in [0.15, 0.2) is 18.4 Å². The Kier molecular flexibility index (Phi) is 15.6. The molecule has 62 heavy (non-hydrogen) atoms. The maximum Gasteiger partial charge on any atom is 0.306 e. The van der Waals surface area contributed by atoms with Crippen LogP contribution in [0.3, 0.4) is 0 Å². The molecule has 19 atom stereocenters. The number of esters is 1. The van der Waals surface area contributed by atoms with Gasteiger partial charge >= 0.3 is 5.97 Å². The topological polar surface area (TPSA) is 143 Å². The van der Waals surface area contributed by atoms with Crippen LogP contribution in [0.5, 0.6) is 0 Å². The molecule has 0 spiro atoms. The van der Waals surface area contributed by atoms with E-state index in [1.165, 1.54) is 0 Å². The Bertz CT molecular complexity index is 1700. The molecule has 1 aromatic rings. The first-order chi connectivity index (χ1) is 29.7. The van der Waals surface area contributed by atoms with Gasteiger partial charge in [-0.1, -0.05) is 38.1 Å². The maximum atomic E-state index is 15.2. The van der Waals surface area contributed by atoms with Crippen LogP contribution in [0.15, 0.2) is 29.8 Å². The molecule has 3 unspecified atom stereocenters. The van der Waals surface area contributed by atoms with Gasteiger partial charge in [0.2, 0.25) is 0 Å². The van der Waals surface area contributed by atoms with E-state index >= 15 is 4.79 Å². The molecule has 0 aromatic heterocycles. The van der Waals surface area contributed by atoms with Crippen LogP contribution in [-0.2, 0) is 47.5 Å². The van der Waals surface area contributed by atoms with Gasteiger partial charge in [-0.25, -0.2) is 0 Å². The van der Waals surface area contributed by atoms with E-state index in [-0.39, 0.29) is 78.5 Å². The van der Waals surface area contributed by atoms with Crippen molar-refractivity contribution in [2.75, 3.05) is 40.7 Å². The predicted molar refractivity (Wildman–Crippen MR) is 234 cm³/mol. The average Bonchev–Trinajstić information content (AvgIpc) is 3.83. The summed E-state index contributed by atoms with van der Waals surface area (Å²) in [6.45, 7) is 12.2. The second-order valence-corrected chi connectivity index (χ2v) is 19.5. The lowest BCUT2D eigenvalue weighted by Crippen LogP contribution is -2.59. The number of hydrogen-bond donors (Lipinski definition) is 2. The highest BCUT2D eigenvalue weighted by Crippen LogP contribution is 2.58. The van der Waals surface area contributed by atoms with Crippen molar-refractivity contribution in [1.82, 2.24) is 4.90 Å². The van der Waals surface area contributed by atoms with Crippen molar-refractivity contribution < 1.29 is 52.6 Å². The molecule has 0 radical (unpaired) electrons. The van der Waals surface area contributed by atoms with Gasteiger partial charge in [-0.3, -0.25) is 9.59 Å². The summed E-state index contributed by atoms with van der Waals surface area (Å²) in [4.78, 5) is 31.5. The van der Waals surface area contributed by atoms with E-state index in [4.69, 9.17) is 37.9 Å². The van der Waals surface area contributed by atoms with Crippen molar-refractivity contribution >= 4 is 17.4 Å². The molecule has 6 aliphatic rings. The molecule has 1 aromatic carbocycles. The van der Waals surface area contributed by atoms with Crippen molar-refractivity contribution in [3.05, 3.63) is 41.0 Å². The second-order valence-electron chi connectivity index (χ2n) is 19.5. The number of fused-ring (bicyclic) bond motifs is 5. The molecule has 13 heteroatoms. The van der Waals surface area contributed by atoms with Gasteiger partial charge in [0.1, 0.15) is 24.4 Å². The fourth-order valence-corrected chi connectivity index (χ4v) is 12.4. The van der Waals surface area contributed by atoms with Crippen molar-refractivity contribution in [2.24, 2.45) is 35.5 Å². The van der Waals surface area contributed by atoms with Gasteiger partial charge in [0, 0.05) is 44.9 Å². The third-order valence-corrected chi connectivity index (χ3v) is 15.7. The molecule has 2 N–H and O–H groups in total. The monoisotopic (exact) mass is 869 g/mol. The van der Waals surface area contributed by atoms with E-state index in [0.717, 1.165) is 36.1 Å². The normalized spacial score (nSPS) is 42.9. The number of aryl methyl sites for hydroxylation is 2. The molecule has 3 saturated heterocycles. The van der Waals surface area contributed by atoms with E-state index < -0.39 is 48.8 Å². The number of allylic oxidation sites excluding steroid dienone is 2. The summed E-state index contributed by atoms with van der Waals surface area (Å²) in [5, 5.41) is 16.6. The molecule has 0 bridgehead atoms. The Hall–Kier alpha value is -2.46. The zero-order valence-electron chi connectivity index (χ0n) is 39.1. The lowest BCUT2D eigenvalue weighted by Gasteiger charge is -2.48. The zero-order chi connectivity index (χ0) is 44.6. The predicted octanol–water partition coefficient (Wildman–Crippen LogP) is 6.39. The SMILES string of the molecule is CC[C@H]1CCC[C@H](O[C@H]2CC[C@H](N(C)C)C(C)O2)[C@@H](C)C(=O)C2=C[C@H]3[C@@H]4C[C@H](O[C@@H]5OC(C)[C@H](OC)C(OC)[C@@H]5OC)C[C@H]4[C@@H](O)[C@H](Nc4c(C)cccc4C)[C@H]3[C@@H]2CC(=O)O1. The van der Waals surface area contributed by atoms with Crippen LogP contribution < -0.4 is 5.32 Å². The highest BCUT2D eigenvalue weighted by molar-refractivity contribution is 5.99. The minimum atomic E-state index is -0.795. The third kappa shape index (κ3) is 9.58. The maximum absolute atomic E-state index is 15.2. The fraction of sp³-hybridized carbons (Fsp3) is 0.796. The molecular formula is C49H76N2O11. The van der Waals surface area contributed by atoms with Gasteiger partial charge in [0.25, 0.3) is 0 Å². The van der Waals surface area contributed by atoms with Gasteiger partial charge < -0.3 is 53.2 Å². The Morgan fingerprint density at radius 1 is 0.855 bits per heavy atom. The van der Waals surface area contributed by atoms with Crippen LogP contribution in [0.4, 0.5) is 5.69 Å². The van der Waals surface area contributed by atoms with E-state index in [1.807, 2.05) is 19.9 Å². The van der Waals surface area contributed by atoms with Gasteiger partial charge in [-0.2, -0.15) is 0 Å². The van der Waals surface area contributed by atoms with Crippen molar-refractivity contribution in [3.8, 4) is 0 Å². The number of ketones is 1. The standard InChI is InChI=1S/C49H76N2O11/c1-12-30-17-14-18-38(62-40-20-19-37(51(7)8)28(5)58-40)27(4)44(53)36-23-33-32-21-31(61-49-48(57-11)47(56-10)46(55-9)29(6)59-49)22-35(32)45(54)43(41(33)34(36)24-39(52)60-30)50-42-25(2)15-13-16-26(42)3/h13,15-16,23,27-35,37-38,40-41,43,45-50,54H,12,14,17-22,24H2,1-11H3/t27-,28?,29?,30+,31+,32+,33+,34-,35-,37+,38+,40+,41-,43-,45-,46+,47?,48+,49+/m1/s1. The summed E-state index contributed by atoms with van der Waals surface area (Å²) in [6.07, 6.45) is 3.59. The van der Waals surface area contributed by atoms with Gasteiger partial charge in [-0.05, 0) is 134 Å². The smallest absolute Gasteiger partial charge is 0.306 e. The molecule has 3 heterocycles. The van der Waals surface area contributed by atoms with E-state index in [2.05, 4.69) is 70.2 Å². The summed E-state index contributed by atoms with van der Waals surface area (Å²) in [6, 6.07) is 6.02. The Balaban J connectivity index is 1.23. The highest BCUT2D eigenvalue weighted by atomic mass is 16.7. The van der Waals surface area contributed by atoms with Crippen LogP contribution in [0, 0.1) is 49.4 Å².